The van der Waals surface area contributed by atoms with Gasteiger partial charge in [0.2, 0.25) is 11.8 Å². The molecule has 4 fully saturated rings. The zero-order valence-electron chi connectivity index (χ0n) is 32.2. The van der Waals surface area contributed by atoms with Gasteiger partial charge < -0.3 is 9.80 Å². The Kier molecular flexibility index (Phi) is 12.9. The second kappa shape index (κ2) is 16.7. The highest BCUT2D eigenvalue weighted by molar-refractivity contribution is 5.89. The summed E-state index contributed by atoms with van der Waals surface area (Å²) >= 11 is 0. The van der Waals surface area contributed by atoms with Gasteiger partial charge in [0, 0.05) is 49.7 Å². The molecule has 2 aromatic carbocycles. The van der Waals surface area contributed by atoms with Gasteiger partial charge >= 0.3 is 12.4 Å². The molecule has 4 aliphatic heterocycles. The molecule has 312 valence electrons. The summed E-state index contributed by atoms with van der Waals surface area (Å²) in [5.74, 6) is 1.36. The maximum atomic E-state index is 12.8. The third-order valence-electron chi connectivity index (χ3n) is 11.3. The van der Waals surface area contributed by atoms with E-state index in [4.69, 9.17) is 0 Å². The van der Waals surface area contributed by atoms with Crippen molar-refractivity contribution >= 4 is 36.6 Å². The predicted molar refractivity (Wildman–Crippen MR) is 209 cm³/mol. The molecule has 10 nitrogen and oxygen atoms in total. The van der Waals surface area contributed by atoms with Crippen LogP contribution in [-0.2, 0) is 21.9 Å². The summed E-state index contributed by atoms with van der Waals surface area (Å²) in [6.45, 7) is 5.12. The number of benzene rings is 2. The smallest absolute Gasteiger partial charge is 0.344 e. The standard InChI is InChI=1S/2C20H21F3N4O.2ClH/c2*1-12-11-16(13-3-5-14(6-4-13)20(21,22)23)25-17(24-12)15-7-8-19(26-15)9-10-27(2)18(19)28;;/h2*3-6,11,15,26H,7-10H2,1-2H3;2*1H/t15-,19+;15-,19-;;/m01../s1. The molecule has 8 rings (SSSR count). The number of likely N-dealkylation sites (N-methyl/N-ethyl adjacent to an activating group) is 2. The van der Waals surface area contributed by atoms with Gasteiger partial charge in [-0.05, 0) is 88.8 Å². The largest absolute Gasteiger partial charge is 0.416 e. The number of likely N-dealkylation sites (tertiary alicyclic amines) is 2. The quantitative estimate of drug-likeness (QED) is 0.200. The van der Waals surface area contributed by atoms with Gasteiger partial charge in [-0.25, -0.2) is 19.9 Å². The topological polar surface area (TPSA) is 116 Å². The second-order valence-corrected chi connectivity index (χ2v) is 15.2. The molecule has 0 unspecified atom stereocenters. The molecular formula is C40H44Cl2F6N8O2. The number of nitrogens with zero attached hydrogens (tertiary/aromatic N) is 6. The first-order valence-corrected chi connectivity index (χ1v) is 18.5. The van der Waals surface area contributed by atoms with E-state index in [1.165, 1.54) is 24.3 Å². The van der Waals surface area contributed by atoms with Crippen molar-refractivity contribution in [1.82, 2.24) is 40.4 Å². The van der Waals surface area contributed by atoms with Crippen LogP contribution in [0.25, 0.3) is 22.5 Å². The average molecular weight is 854 g/mol. The van der Waals surface area contributed by atoms with Crippen LogP contribution >= 0.6 is 24.8 Å². The van der Waals surface area contributed by atoms with E-state index in [2.05, 4.69) is 30.6 Å². The first-order valence-electron chi connectivity index (χ1n) is 18.5. The number of alkyl halides is 6. The third-order valence-corrected chi connectivity index (χ3v) is 11.3. The number of carbonyl (C=O) groups is 2. The van der Waals surface area contributed by atoms with E-state index in [9.17, 15) is 35.9 Å². The molecule has 58 heavy (non-hydrogen) atoms. The number of halogens is 8. The molecule has 2 amide bonds. The number of amides is 2. The van der Waals surface area contributed by atoms with Crippen LogP contribution in [0.5, 0.6) is 0 Å². The van der Waals surface area contributed by atoms with Crippen molar-refractivity contribution in [3.8, 4) is 22.5 Å². The van der Waals surface area contributed by atoms with Crippen LogP contribution in [0, 0.1) is 13.8 Å². The molecule has 4 aliphatic rings. The Morgan fingerprint density at radius 1 is 0.586 bits per heavy atom. The molecule has 0 bridgehead atoms. The number of hydrogen-bond donors (Lipinski definition) is 2. The Morgan fingerprint density at radius 2 is 0.931 bits per heavy atom. The monoisotopic (exact) mass is 852 g/mol. The van der Waals surface area contributed by atoms with Crippen LogP contribution in [-0.4, -0.2) is 79.8 Å². The summed E-state index contributed by atoms with van der Waals surface area (Å²) in [6.07, 6.45) is -4.26. The van der Waals surface area contributed by atoms with Crippen molar-refractivity contribution in [3.05, 3.63) is 94.8 Å². The lowest BCUT2D eigenvalue weighted by molar-refractivity contribution is -0.138. The second-order valence-electron chi connectivity index (χ2n) is 15.2. The molecule has 4 atom stereocenters. The van der Waals surface area contributed by atoms with Crippen molar-refractivity contribution in [2.45, 2.75) is 87.9 Å². The van der Waals surface area contributed by atoms with E-state index in [0.717, 1.165) is 87.3 Å². The highest BCUT2D eigenvalue weighted by Crippen LogP contribution is 2.40. The average Bonchev–Trinajstić information content (AvgIpc) is 3.93. The first-order chi connectivity index (χ1) is 26.4. The SMILES string of the molecule is Cc1cc(-c2ccc(C(F)(F)F)cc2)nc([C@@H]2CC[C@]3(CCN(C)C3=O)N2)n1.Cc1cc(-c2ccc(C(F)(F)F)cc2)nc([C@H]2CC[C@]3(CCN(C)C3=O)N2)n1.Cl.Cl. The summed E-state index contributed by atoms with van der Waals surface area (Å²) in [7, 11) is 3.61. The van der Waals surface area contributed by atoms with E-state index in [-0.39, 0.29) is 48.7 Å². The van der Waals surface area contributed by atoms with Gasteiger partial charge in [-0.3, -0.25) is 20.2 Å². The zero-order valence-corrected chi connectivity index (χ0v) is 33.8. The van der Waals surface area contributed by atoms with E-state index in [0.29, 0.717) is 34.2 Å². The first kappa shape index (κ1) is 44.7. The molecule has 18 heteroatoms. The van der Waals surface area contributed by atoms with Crippen LogP contribution in [0.15, 0.2) is 60.7 Å². The van der Waals surface area contributed by atoms with Crippen LogP contribution in [0.3, 0.4) is 0 Å². The van der Waals surface area contributed by atoms with Gasteiger partial charge in [-0.15, -0.1) is 24.8 Å². The van der Waals surface area contributed by atoms with Crippen molar-refractivity contribution < 1.29 is 35.9 Å². The number of nitrogens with one attached hydrogen (secondary N) is 2. The van der Waals surface area contributed by atoms with Crippen LogP contribution in [0.2, 0.25) is 0 Å². The maximum Gasteiger partial charge on any atom is 0.416 e. The lowest BCUT2D eigenvalue weighted by Gasteiger charge is -2.23. The highest BCUT2D eigenvalue weighted by Gasteiger charge is 2.52. The van der Waals surface area contributed by atoms with Gasteiger partial charge in [0.05, 0.1) is 34.6 Å². The molecule has 2 spiro atoms. The highest BCUT2D eigenvalue weighted by atomic mass is 35.5. The van der Waals surface area contributed by atoms with Crippen LogP contribution < -0.4 is 10.6 Å². The number of aromatic nitrogens is 4. The fourth-order valence-electron chi connectivity index (χ4n) is 8.17. The fourth-order valence-corrected chi connectivity index (χ4v) is 8.17. The molecule has 4 aromatic rings. The van der Waals surface area contributed by atoms with E-state index in [1.807, 2.05) is 13.8 Å². The minimum absolute atomic E-state index is 0. The zero-order chi connectivity index (χ0) is 40.2. The normalized spacial score (nSPS) is 24.2. The van der Waals surface area contributed by atoms with E-state index >= 15 is 0 Å². The molecular weight excluding hydrogens is 809 g/mol. The summed E-state index contributed by atoms with van der Waals surface area (Å²) < 4.78 is 76.8. The number of carbonyl (C=O) groups excluding carboxylic acids is 2. The molecule has 0 saturated carbocycles. The lowest BCUT2D eigenvalue weighted by atomic mass is 9.96. The third kappa shape index (κ3) is 8.94. The Labute approximate surface area is 344 Å². The Morgan fingerprint density at radius 3 is 1.22 bits per heavy atom. The van der Waals surface area contributed by atoms with E-state index < -0.39 is 34.6 Å². The van der Waals surface area contributed by atoms with Gasteiger partial charge in [-0.1, -0.05) is 24.3 Å². The minimum Gasteiger partial charge on any atom is -0.344 e. The molecule has 0 radical (unpaired) electrons. The predicted octanol–water partition coefficient (Wildman–Crippen LogP) is 7.84. The summed E-state index contributed by atoms with van der Waals surface area (Å²) in [5, 5.41) is 6.87. The molecule has 2 aromatic heterocycles. The Hall–Kier alpha value is -4.38. The van der Waals surface area contributed by atoms with Crippen molar-refractivity contribution in [2.24, 2.45) is 0 Å². The molecule has 4 saturated heterocycles. The minimum atomic E-state index is -4.37. The van der Waals surface area contributed by atoms with Gasteiger partial charge in [0.15, 0.2) is 0 Å². The summed E-state index contributed by atoms with van der Waals surface area (Å²) in [6, 6.07) is 13.1. The van der Waals surface area contributed by atoms with Gasteiger partial charge in [0.1, 0.15) is 22.7 Å². The fraction of sp³-hybridized carbons (Fsp3) is 0.450. The van der Waals surface area contributed by atoms with Crippen molar-refractivity contribution in [2.75, 3.05) is 27.2 Å². The Balaban J connectivity index is 0.000000214. The van der Waals surface area contributed by atoms with Crippen LogP contribution in [0.1, 0.15) is 84.8 Å². The van der Waals surface area contributed by atoms with Gasteiger partial charge in [0.25, 0.3) is 0 Å². The molecule has 0 aliphatic carbocycles. The van der Waals surface area contributed by atoms with E-state index in [1.54, 1.807) is 36.0 Å². The number of hydrogen-bond acceptors (Lipinski definition) is 8. The maximum absolute atomic E-state index is 12.8. The van der Waals surface area contributed by atoms with Gasteiger partial charge in [-0.2, -0.15) is 26.3 Å². The van der Waals surface area contributed by atoms with Crippen molar-refractivity contribution in [3.63, 3.8) is 0 Å². The molecule has 6 heterocycles. The van der Waals surface area contributed by atoms with Crippen LogP contribution in [0.4, 0.5) is 26.3 Å². The van der Waals surface area contributed by atoms with Crippen molar-refractivity contribution in [1.29, 1.82) is 0 Å². The molecule has 2 N–H and O–H groups in total. The summed E-state index contributed by atoms with van der Waals surface area (Å²) in [5.41, 5.74) is 1.37. The Bertz CT molecular complexity index is 1990. The summed E-state index contributed by atoms with van der Waals surface area (Å²) in [4.78, 5) is 46.7. The number of rotatable bonds is 4. The lowest BCUT2D eigenvalue weighted by Crippen LogP contribution is -2.47. The number of aryl methyl sites for hydroxylation is 2.